The maximum Gasteiger partial charge on any atom is 0.139 e. The van der Waals surface area contributed by atoms with E-state index in [4.69, 9.17) is 18.0 Å². The molecule has 0 amide bonds. The quantitative estimate of drug-likeness (QED) is 0.817. The maximum atomic E-state index is 5.79. The maximum absolute atomic E-state index is 5.79. The third-order valence-corrected chi connectivity index (χ3v) is 3.66. The number of hydrogen-bond acceptors (Lipinski definition) is 3. The Balaban J connectivity index is 2.50. The fraction of sp³-hybridized carbons (Fsp3) is 0.538. The topological polar surface area (TPSA) is 42.1 Å². The van der Waals surface area contributed by atoms with Crippen molar-refractivity contribution in [1.82, 2.24) is 4.98 Å². The minimum atomic E-state index is 0.139. The standard InChI is InChI=1S/C13H19N3S/c1-9-5-6-10(11(14)17)12(15-9)16-8-4-7-13(16,2)3/h5-6H,4,7-8H2,1-3H3,(H2,14,17). The molecule has 0 aromatic carbocycles. The minimum absolute atomic E-state index is 0.139. The molecule has 17 heavy (non-hydrogen) atoms. The molecular weight excluding hydrogens is 230 g/mol. The van der Waals surface area contributed by atoms with Gasteiger partial charge in [-0.2, -0.15) is 0 Å². The van der Waals surface area contributed by atoms with E-state index in [9.17, 15) is 0 Å². The van der Waals surface area contributed by atoms with E-state index in [0.717, 1.165) is 23.6 Å². The highest BCUT2D eigenvalue weighted by Crippen LogP contribution is 2.34. The van der Waals surface area contributed by atoms with Gasteiger partial charge < -0.3 is 10.6 Å². The van der Waals surface area contributed by atoms with Gasteiger partial charge in [-0.1, -0.05) is 12.2 Å². The lowest BCUT2D eigenvalue weighted by Crippen LogP contribution is -2.40. The Morgan fingerprint density at radius 3 is 2.71 bits per heavy atom. The number of hydrogen-bond donors (Lipinski definition) is 1. The van der Waals surface area contributed by atoms with Gasteiger partial charge in [0.2, 0.25) is 0 Å². The van der Waals surface area contributed by atoms with Crippen molar-refractivity contribution in [1.29, 1.82) is 0 Å². The number of rotatable bonds is 2. The van der Waals surface area contributed by atoms with Crippen LogP contribution in [0.15, 0.2) is 12.1 Å². The number of nitrogens with zero attached hydrogens (tertiary/aromatic N) is 2. The van der Waals surface area contributed by atoms with Gasteiger partial charge in [0.25, 0.3) is 0 Å². The van der Waals surface area contributed by atoms with Crippen LogP contribution in [-0.2, 0) is 0 Å². The van der Waals surface area contributed by atoms with Crippen LogP contribution in [0, 0.1) is 6.92 Å². The largest absolute Gasteiger partial charge is 0.389 e. The smallest absolute Gasteiger partial charge is 0.139 e. The van der Waals surface area contributed by atoms with E-state index in [1.807, 2.05) is 19.1 Å². The number of thiocarbonyl (C=S) groups is 1. The third kappa shape index (κ3) is 2.27. The summed E-state index contributed by atoms with van der Waals surface area (Å²) >= 11 is 5.11. The van der Waals surface area contributed by atoms with Crippen molar-refractivity contribution in [2.24, 2.45) is 5.73 Å². The predicted octanol–water partition coefficient (Wildman–Crippen LogP) is 2.40. The normalized spacial score (nSPS) is 18.4. The molecule has 1 saturated heterocycles. The average Bonchev–Trinajstić information content (AvgIpc) is 2.57. The van der Waals surface area contributed by atoms with Gasteiger partial charge in [0.15, 0.2) is 0 Å². The highest BCUT2D eigenvalue weighted by atomic mass is 32.1. The minimum Gasteiger partial charge on any atom is -0.389 e. The first-order valence-corrected chi connectivity index (χ1v) is 6.38. The van der Waals surface area contributed by atoms with Crippen molar-refractivity contribution in [3.8, 4) is 0 Å². The van der Waals surface area contributed by atoms with Crippen LogP contribution in [0.3, 0.4) is 0 Å². The fourth-order valence-corrected chi connectivity index (χ4v) is 2.60. The number of nitrogens with two attached hydrogens (primary N) is 1. The van der Waals surface area contributed by atoms with Crippen molar-refractivity contribution in [3.05, 3.63) is 23.4 Å². The molecule has 2 rings (SSSR count). The summed E-state index contributed by atoms with van der Waals surface area (Å²) in [5.41, 5.74) is 7.82. The van der Waals surface area contributed by atoms with E-state index in [2.05, 4.69) is 23.7 Å². The molecule has 1 aliphatic rings. The summed E-state index contributed by atoms with van der Waals surface area (Å²) in [5, 5.41) is 0. The van der Waals surface area contributed by atoms with Crippen LogP contribution in [0.1, 0.15) is 37.9 Å². The summed E-state index contributed by atoms with van der Waals surface area (Å²) in [7, 11) is 0. The molecule has 0 bridgehead atoms. The Morgan fingerprint density at radius 2 is 2.18 bits per heavy atom. The Bertz CT molecular complexity index is 454. The van der Waals surface area contributed by atoms with E-state index < -0.39 is 0 Å². The second-order valence-electron chi connectivity index (χ2n) is 5.26. The first-order chi connectivity index (χ1) is 7.92. The first-order valence-electron chi connectivity index (χ1n) is 5.97. The van der Waals surface area contributed by atoms with E-state index in [-0.39, 0.29) is 5.54 Å². The molecule has 3 nitrogen and oxygen atoms in total. The molecule has 0 unspecified atom stereocenters. The number of pyridine rings is 1. The summed E-state index contributed by atoms with van der Waals surface area (Å²) in [6.45, 7) is 7.51. The summed E-state index contributed by atoms with van der Waals surface area (Å²) in [4.78, 5) is 7.38. The lowest BCUT2D eigenvalue weighted by molar-refractivity contribution is 0.514. The van der Waals surface area contributed by atoms with Gasteiger partial charge in [0, 0.05) is 17.8 Å². The lowest BCUT2D eigenvalue weighted by atomic mass is 10.0. The van der Waals surface area contributed by atoms with Gasteiger partial charge in [-0.25, -0.2) is 4.98 Å². The molecule has 2 N–H and O–H groups in total. The zero-order valence-electron chi connectivity index (χ0n) is 10.7. The van der Waals surface area contributed by atoms with Gasteiger partial charge in [-0.05, 0) is 45.7 Å². The summed E-state index contributed by atoms with van der Waals surface area (Å²) in [6.07, 6.45) is 2.37. The Hall–Kier alpha value is -1.16. The Kier molecular flexibility index (Phi) is 3.08. The second-order valence-corrected chi connectivity index (χ2v) is 5.70. The Morgan fingerprint density at radius 1 is 1.47 bits per heavy atom. The van der Waals surface area contributed by atoms with Crippen LogP contribution in [0.2, 0.25) is 0 Å². The van der Waals surface area contributed by atoms with E-state index in [1.54, 1.807) is 0 Å². The predicted molar refractivity (Wildman–Crippen MR) is 75.5 cm³/mol. The van der Waals surface area contributed by atoms with Crippen molar-refractivity contribution in [3.63, 3.8) is 0 Å². The average molecular weight is 249 g/mol. The lowest BCUT2D eigenvalue weighted by Gasteiger charge is -2.34. The van der Waals surface area contributed by atoms with Gasteiger partial charge in [-0.15, -0.1) is 0 Å². The second kappa shape index (κ2) is 4.26. The summed E-state index contributed by atoms with van der Waals surface area (Å²) in [6, 6.07) is 3.94. The van der Waals surface area contributed by atoms with E-state index in [1.165, 1.54) is 12.8 Å². The van der Waals surface area contributed by atoms with Crippen LogP contribution in [0.25, 0.3) is 0 Å². The number of aryl methyl sites for hydroxylation is 1. The SMILES string of the molecule is Cc1ccc(C(N)=S)c(N2CCCC2(C)C)n1. The van der Waals surface area contributed by atoms with Crippen molar-refractivity contribution < 1.29 is 0 Å². The Labute approximate surface area is 108 Å². The summed E-state index contributed by atoms with van der Waals surface area (Å²) < 4.78 is 0. The molecule has 4 heteroatoms. The van der Waals surface area contributed by atoms with Crippen LogP contribution in [0.4, 0.5) is 5.82 Å². The van der Waals surface area contributed by atoms with Gasteiger partial charge in [-0.3, -0.25) is 0 Å². The molecule has 0 spiro atoms. The molecule has 0 radical (unpaired) electrons. The van der Waals surface area contributed by atoms with Crippen LogP contribution in [-0.4, -0.2) is 22.1 Å². The van der Waals surface area contributed by atoms with Crippen LogP contribution >= 0.6 is 12.2 Å². The summed E-state index contributed by atoms with van der Waals surface area (Å²) in [5.74, 6) is 0.944. The van der Waals surface area contributed by atoms with Crippen molar-refractivity contribution >= 4 is 23.0 Å². The molecule has 1 aliphatic heterocycles. The van der Waals surface area contributed by atoms with Crippen molar-refractivity contribution in [2.75, 3.05) is 11.4 Å². The zero-order valence-corrected chi connectivity index (χ0v) is 11.5. The highest BCUT2D eigenvalue weighted by Gasteiger charge is 2.34. The molecule has 1 fully saturated rings. The molecule has 2 heterocycles. The van der Waals surface area contributed by atoms with Gasteiger partial charge in [0.1, 0.15) is 10.8 Å². The molecule has 1 aromatic heterocycles. The molecule has 0 saturated carbocycles. The van der Waals surface area contributed by atoms with Crippen LogP contribution in [0.5, 0.6) is 0 Å². The molecule has 1 aromatic rings. The van der Waals surface area contributed by atoms with E-state index in [0.29, 0.717) is 4.99 Å². The molecule has 92 valence electrons. The third-order valence-electron chi connectivity index (χ3n) is 3.44. The van der Waals surface area contributed by atoms with Crippen LogP contribution < -0.4 is 10.6 Å². The number of aromatic nitrogens is 1. The zero-order chi connectivity index (χ0) is 12.6. The molecule has 0 aliphatic carbocycles. The fourth-order valence-electron chi connectivity index (χ4n) is 2.44. The highest BCUT2D eigenvalue weighted by molar-refractivity contribution is 7.80. The van der Waals surface area contributed by atoms with Gasteiger partial charge >= 0.3 is 0 Å². The first kappa shape index (κ1) is 12.3. The monoisotopic (exact) mass is 249 g/mol. The number of anilines is 1. The molecule has 0 atom stereocenters. The van der Waals surface area contributed by atoms with Crippen molar-refractivity contribution in [2.45, 2.75) is 39.2 Å². The van der Waals surface area contributed by atoms with E-state index >= 15 is 0 Å². The molecular formula is C13H19N3S. The van der Waals surface area contributed by atoms with Gasteiger partial charge in [0.05, 0.1) is 5.56 Å².